The minimum absolute atomic E-state index is 0.0444. The van der Waals surface area contributed by atoms with E-state index in [4.69, 9.17) is 10.5 Å². The van der Waals surface area contributed by atoms with E-state index in [2.05, 4.69) is 26.2 Å². The number of anilines is 1. The van der Waals surface area contributed by atoms with E-state index in [1.807, 2.05) is 0 Å². The van der Waals surface area contributed by atoms with E-state index in [1.165, 1.54) is 32.2 Å². The van der Waals surface area contributed by atoms with Crippen LogP contribution in [0, 0.1) is 5.82 Å². The summed E-state index contributed by atoms with van der Waals surface area (Å²) in [6, 6.07) is 18.5. The number of nitrogens with zero attached hydrogens (tertiary/aromatic N) is 4. The summed E-state index contributed by atoms with van der Waals surface area (Å²) in [6.45, 7) is 1.05. The number of carbonyl (C=O) groups is 2. The van der Waals surface area contributed by atoms with Gasteiger partial charge in [-0.15, -0.1) is 0 Å². The first kappa shape index (κ1) is 35.0. The van der Waals surface area contributed by atoms with Gasteiger partial charge in [-0.2, -0.15) is 13.2 Å². The lowest BCUT2D eigenvalue weighted by Crippen LogP contribution is -2.47. The summed E-state index contributed by atoms with van der Waals surface area (Å²) >= 11 is 2.91. The van der Waals surface area contributed by atoms with Crippen LogP contribution in [0.3, 0.4) is 0 Å². The fraction of sp³-hybridized carbons (Fsp3) is 0.243. The number of benzene rings is 3. The Morgan fingerprint density at radius 3 is 2.46 bits per heavy atom. The molecule has 1 aliphatic heterocycles. The average Bonchev–Trinajstić information content (AvgIpc) is 3.88. The molecule has 3 aromatic carbocycles. The molecule has 2 aromatic heterocycles. The van der Waals surface area contributed by atoms with Crippen LogP contribution in [0.5, 0.6) is 5.75 Å². The predicted molar refractivity (Wildman–Crippen MR) is 187 cm³/mol. The largest absolute Gasteiger partial charge is 0.490 e. The summed E-state index contributed by atoms with van der Waals surface area (Å²) < 4.78 is 64.7. The molecule has 5 aromatic rings. The molecule has 3 heterocycles. The van der Waals surface area contributed by atoms with Crippen molar-refractivity contribution in [2.45, 2.75) is 57.7 Å². The van der Waals surface area contributed by atoms with Crippen LogP contribution >= 0.6 is 15.9 Å². The smallest absolute Gasteiger partial charge is 0.417 e. The van der Waals surface area contributed by atoms with E-state index in [0.717, 1.165) is 25.0 Å². The van der Waals surface area contributed by atoms with Crippen molar-refractivity contribution in [3.8, 4) is 22.7 Å². The first-order chi connectivity index (χ1) is 24.8. The quantitative estimate of drug-likeness (QED) is 0.169. The van der Waals surface area contributed by atoms with Gasteiger partial charge in [0.1, 0.15) is 23.1 Å². The molecule has 1 fully saturated rings. The van der Waals surface area contributed by atoms with E-state index >= 15 is 4.39 Å². The fourth-order valence-corrected chi connectivity index (χ4v) is 6.76. The van der Waals surface area contributed by atoms with Crippen molar-refractivity contribution in [1.82, 2.24) is 24.3 Å². The van der Waals surface area contributed by atoms with Gasteiger partial charge in [0.25, 0.3) is 11.8 Å². The standard InChI is InChI=1S/C37H31BrF4N6O4/c1-20-18-47-31(19-46(20)35(50)21-8-15-28(38)27(16-21)37(40,41)42)33(48(36(47)51)22-9-11-23(12-10-22)52-24-13-14-24)34(49)44-17-26-25(4-2-5-29(26)39)30-6-3-7-32(43)45-30/h2-12,15-16,20,24H,13-14,17-19H2,1H3,(H2,43,45)(H,44,49)/t20-/m0/s1. The Morgan fingerprint density at radius 2 is 1.77 bits per heavy atom. The number of halogens is 5. The summed E-state index contributed by atoms with van der Waals surface area (Å²) in [5.74, 6) is -1.25. The molecule has 10 nitrogen and oxygen atoms in total. The number of pyridine rings is 1. The van der Waals surface area contributed by atoms with Crippen LogP contribution < -0.4 is 21.5 Å². The van der Waals surface area contributed by atoms with Gasteiger partial charge in [-0.1, -0.05) is 34.1 Å². The number of nitrogen functional groups attached to an aromatic ring is 1. The Hall–Kier alpha value is -5.44. The van der Waals surface area contributed by atoms with Gasteiger partial charge >= 0.3 is 11.9 Å². The second kappa shape index (κ2) is 13.6. The number of ether oxygens (including phenoxy) is 1. The molecule has 3 N–H and O–H groups in total. The van der Waals surface area contributed by atoms with Gasteiger partial charge in [-0.05, 0) is 80.4 Å². The Kier molecular flexibility index (Phi) is 9.15. The number of alkyl halides is 3. The predicted octanol–water partition coefficient (Wildman–Crippen LogP) is 6.72. The lowest BCUT2D eigenvalue weighted by Gasteiger charge is -2.34. The minimum atomic E-state index is -4.72. The molecule has 0 bridgehead atoms. The molecule has 1 aliphatic carbocycles. The highest BCUT2D eigenvalue weighted by atomic mass is 79.9. The number of hydrogen-bond acceptors (Lipinski definition) is 6. The van der Waals surface area contributed by atoms with Gasteiger partial charge in [0.15, 0.2) is 0 Å². The zero-order valence-corrected chi connectivity index (χ0v) is 29.2. The molecule has 268 valence electrons. The van der Waals surface area contributed by atoms with Crippen molar-refractivity contribution in [3.05, 3.63) is 128 Å². The first-order valence-electron chi connectivity index (χ1n) is 16.4. The molecule has 15 heteroatoms. The average molecular weight is 780 g/mol. The fourth-order valence-electron chi connectivity index (χ4n) is 6.29. The lowest BCUT2D eigenvalue weighted by atomic mass is 10.0. The number of fused-ring (bicyclic) bond motifs is 1. The Balaban J connectivity index is 1.27. The molecular formula is C37H31BrF4N6O4. The Labute approximate surface area is 303 Å². The zero-order chi connectivity index (χ0) is 36.9. The van der Waals surface area contributed by atoms with E-state index in [9.17, 15) is 27.6 Å². The summed E-state index contributed by atoms with van der Waals surface area (Å²) in [5, 5.41) is 2.75. The maximum absolute atomic E-state index is 15.3. The van der Waals surface area contributed by atoms with Crippen LogP contribution in [0.2, 0.25) is 0 Å². The van der Waals surface area contributed by atoms with Crippen LogP contribution in [-0.4, -0.2) is 43.0 Å². The van der Waals surface area contributed by atoms with Crippen LogP contribution in [0.4, 0.5) is 23.4 Å². The van der Waals surface area contributed by atoms with Crippen molar-refractivity contribution in [1.29, 1.82) is 0 Å². The number of hydrogen-bond donors (Lipinski definition) is 2. The van der Waals surface area contributed by atoms with Crippen LogP contribution in [-0.2, 0) is 25.8 Å². The summed E-state index contributed by atoms with van der Waals surface area (Å²) in [7, 11) is 0. The third-order valence-electron chi connectivity index (χ3n) is 9.05. The molecule has 7 rings (SSSR count). The van der Waals surface area contributed by atoms with Crippen molar-refractivity contribution in [2.75, 3.05) is 5.73 Å². The minimum Gasteiger partial charge on any atom is -0.490 e. The third kappa shape index (κ3) is 6.79. The second-order valence-corrected chi connectivity index (χ2v) is 13.6. The highest BCUT2D eigenvalue weighted by molar-refractivity contribution is 9.10. The van der Waals surface area contributed by atoms with Crippen molar-refractivity contribution >= 4 is 33.6 Å². The molecule has 1 saturated carbocycles. The van der Waals surface area contributed by atoms with Crippen LogP contribution in [0.1, 0.15) is 57.4 Å². The molecule has 0 unspecified atom stereocenters. The monoisotopic (exact) mass is 778 g/mol. The van der Waals surface area contributed by atoms with Crippen molar-refractivity contribution in [2.24, 2.45) is 0 Å². The second-order valence-electron chi connectivity index (χ2n) is 12.7. The number of nitrogens with two attached hydrogens (primary N) is 1. The third-order valence-corrected chi connectivity index (χ3v) is 9.74. The highest BCUT2D eigenvalue weighted by Crippen LogP contribution is 2.36. The number of nitrogens with one attached hydrogen (secondary N) is 1. The van der Waals surface area contributed by atoms with E-state index in [-0.39, 0.29) is 58.5 Å². The number of carbonyl (C=O) groups excluding carboxylic acids is 2. The maximum Gasteiger partial charge on any atom is 0.417 e. The number of rotatable bonds is 8. The normalized spacial score (nSPS) is 15.7. The molecular weight excluding hydrogens is 748 g/mol. The van der Waals surface area contributed by atoms with E-state index in [0.29, 0.717) is 22.7 Å². The van der Waals surface area contributed by atoms with Gasteiger partial charge in [-0.3, -0.25) is 18.7 Å². The molecule has 2 amide bonds. The zero-order valence-electron chi connectivity index (χ0n) is 27.6. The molecule has 1 atom stereocenters. The van der Waals surface area contributed by atoms with Gasteiger partial charge in [0, 0.05) is 40.3 Å². The summed E-state index contributed by atoms with van der Waals surface area (Å²) in [5.41, 5.74) is 5.38. The maximum atomic E-state index is 15.3. The number of amides is 2. The molecule has 0 radical (unpaired) electrons. The van der Waals surface area contributed by atoms with Crippen molar-refractivity contribution in [3.63, 3.8) is 0 Å². The van der Waals surface area contributed by atoms with Crippen molar-refractivity contribution < 1.29 is 31.9 Å². The summed E-state index contributed by atoms with van der Waals surface area (Å²) in [4.78, 5) is 47.8. The Morgan fingerprint density at radius 1 is 1.04 bits per heavy atom. The van der Waals surface area contributed by atoms with Gasteiger partial charge in [0.2, 0.25) is 0 Å². The molecule has 2 aliphatic rings. The Bertz CT molecular complexity index is 2270. The number of imidazole rings is 1. The lowest BCUT2D eigenvalue weighted by molar-refractivity contribution is -0.138. The van der Waals surface area contributed by atoms with E-state index in [1.54, 1.807) is 55.5 Å². The molecule has 0 saturated heterocycles. The molecule has 0 spiro atoms. The van der Waals surface area contributed by atoms with Gasteiger partial charge < -0.3 is 20.7 Å². The SMILES string of the molecule is C[C@H]1Cn2c(c(C(=O)NCc3c(F)cccc3-c3cccc(N)n3)n(-c3ccc(OC4CC4)cc3)c2=O)CN1C(=O)c1ccc(Br)c(C(F)(F)F)c1. The first-order valence-corrected chi connectivity index (χ1v) is 17.2. The van der Waals surface area contributed by atoms with Gasteiger partial charge in [-0.25, -0.2) is 14.2 Å². The number of aromatic nitrogens is 3. The van der Waals surface area contributed by atoms with Gasteiger partial charge in [0.05, 0.1) is 35.3 Å². The van der Waals surface area contributed by atoms with Crippen LogP contribution in [0.15, 0.2) is 88.1 Å². The summed E-state index contributed by atoms with van der Waals surface area (Å²) in [6.07, 6.45) is -2.70. The topological polar surface area (TPSA) is 124 Å². The molecule has 52 heavy (non-hydrogen) atoms. The van der Waals surface area contributed by atoms with Crippen LogP contribution in [0.25, 0.3) is 16.9 Å². The van der Waals surface area contributed by atoms with E-state index < -0.39 is 41.1 Å². The highest BCUT2D eigenvalue weighted by Gasteiger charge is 2.38.